The van der Waals surface area contributed by atoms with E-state index in [9.17, 15) is 4.79 Å². The Kier molecular flexibility index (Phi) is 2.48. The predicted octanol–water partition coefficient (Wildman–Crippen LogP) is 2.19. The topological polar surface area (TPSA) is 55.1 Å². The van der Waals surface area contributed by atoms with Gasteiger partial charge in [-0.3, -0.25) is 0 Å². The van der Waals surface area contributed by atoms with Crippen molar-refractivity contribution in [2.75, 3.05) is 0 Å². The zero-order chi connectivity index (χ0) is 11.7. The van der Waals surface area contributed by atoms with E-state index >= 15 is 0 Å². The van der Waals surface area contributed by atoms with Gasteiger partial charge in [-0.25, -0.2) is 9.78 Å². The lowest BCUT2D eigenvalue weighted by molar-refractivity contribution is 0.0691. The fourth-order valence-corrected chi connectivity index (χ4v) is 1.61. The summed E-state index contributed by atoms with van der Waals surface area (Å²) >= 11 is 0. The standard InChI is InChI=1S/C12H12N2O2/c1-8-4-3-5-10(6-8)14-7-11(12(15)16)13-9(14)2/h3-7H,1-2H3,(H,15,16). The van der Waals surface area contributed by atoms with E-state index in [2.05, 4.69) is 4.98 Å². The smallest absolute Gasteiger partial charge is 0.356 e. The summed E-state index contributed by atoms with van der Waals surface area (Å²) in [5, 5.41) is 8.85. The molecular formula is C12H12N2O2. The Bertz CT molecular complexity index is 544. The van der Waals surface area contributed by atoms with Crippen molar-refractivity contribution in [1.29, 1.82) is 0 Å². The Labute approximate surface area is 93.2 Å². The van der Waals surface area contributed by atoms with Crippen LogP contribution in [0.15, 0.2) is 30.5 Å². The molecular weight excluding hydrogens is 204 g/mol. The van der Waals surface area contributed by atoms with E-state index in [0.717, 1.165) is 11.3 Å². The van der Waals surface area contributed by atoms with Crippen LogP contribution in [0.4, 0.5) is 0 Å². The number of carbonyl (C=O) groups is 1. The molecule has 0 fully saturated rings. The molecule has 0 aliphatic carbocycles. The number of rotatable bonds is 2. The van der Waals surface area contributed by atoms with Gasteiger partial charge in [0.1, 0.15) is 5.82 Å². The summed E-state index contributed by atoms with van der Waals surface area (Å²) in [5.41, 5.74) is 2.12. The Morgan fingerprint density at radius 2 is 2.12 bits per heavy atom. The average Bonchev–Trinajstić information content (AvgIpc) is 2.60. The number of hydrogen-bond acceptors (Lipinski definition) is 2. The Balaban J connectivity index is 2.52. The van der Waals surface area contributed by atoms with Gasteiger partial charge in [-0.15, -0.1) is 0 Å². The molecule has 0 bridgehead atoms. The quantitative estimate of drug-likeness (QED) is 0.837. The molecule has 0 saturated heterocycles. The summed E-state index contributed by atoms with van der Waals surface area (Å²) in [7, 11) is 0. The molecule has 0 aliphatic rings. The summed E-state index contributed by atoms with van der Waals surface area (Å²) in [4.78, 5) is 14.8. The van der Waals surface area contributed by atoms with Gasteiger partial charge >= 0.3 is 5.97 Å². The van der Waals surface area contributed by atoms with Crippen molar-refractivity contribution in [3.63, 3.8) is 0 Å². The van der Waals surface area contributed by atoms with Gasteiger partial charge in [0, 0.05) is 11.9 Å². The number of nitrogens with zero attached hydrogens (tertiary/aromatic N) is 2. The number of aryl methyl sites for hydroxylation is 2. The van der Waals surface area contributed by atoms with Gasteiger partial charge in [-0.1, -0.05) is 12.1 Å². The first-order valence-corrected chi connectivity index (χ1v) is 4.94. The fourth-order valence-electron chi connectivity index (χ4n) is 1.61. The van der Waals surface area contributed by atoms with Crippen molar-refractivity contribution in [3.8, 4) is 5.69 Å². The number of carboxylic acids is 1. The van der Waals surface area contributed by atoms with Crippen LogP contribution in [0.3, 0.4) is 0 Å². The first-order chi connectivity index (χ1) is 7.58. The van der Waals surface area contributed by atoms with Crippen molar-refractivity contribution in [2.45, 2.75) is 13.8 Å². The maximum absolute atomic E-state index is 10.8. The molecule has 2 rings (SSSR count). The van der Waals surface area contributed by atoms with Crippen LogP contribution in [0, 0.1) is 13.8 Å². The van der Waals surface area contributed by atoms with E-state index in [0.29, 0.717) is 5.82 Å². The van der Waals surface area contributed by atoms with Crippen LogP contribution in [0.1, 0.15) is 21.9 Å². The lowest BCUT2D eigenvalue weighted by Crippen LogP contribution is -1.96. The molecule has 1 aromatic carbocycles. The summed E-state index contributed by atoms with van der Waals surface area (Å²) in [6.45, 7) is 3.78. The molecule has 82 valence electrons. The molecule has 1 heterocycles. The molecule has 1 N–H and O–H groups in total. The second kappa shape index (κ2) is 3.81. The molecule has 0 aliphatic heterocycles. The number of carboxylic acid groups (broad SMARTS) is 1. The molecule has 0 unspecified atom stereocenters. The molecule has 4 nitrogen and oxygen atoms in total. The van der Waals surface area contributed by atoms with Crippen LogP contribution in [0.2, 0.25) is 0 Å². The average molecular weight is 216 g/mol. The molecule has 2 aromatic rings. The summed E-state index contributed by atoms with van der Waals surface area (Å²) in [5.74, 6) is -0.336. The predicted molar refractivity (Wildman–Crippen MR) is 60.0 cm³/mol. The van der Waals surface area contributed by atoms with Gasteiger partial charge in [0.05, 0.1) is 0 Å². The van der Waals surface area contributed by atoms with Gasteiger partial charge in [0.15, 0.2) is 5.69 Å². The van der Waals surface area contributed by atoms with E-state index in [1.54, 1.807) is 11.5 Å². The van der Waals surface area contributed by atoms with Crippen molar-refractivity contribution in [2.24, 2.45) is 0 Å². The van der Waals surface area contributed by atoms with Crippen molar-refractivity contribution >= 4 is 5.97 Å². The Morgan fingerprint density at radius 3 is 2.69 bits per heavy atom. The minimum atomic E-state index is -1.01. The largest absolute Gasteiger partial charge is 0.476 e. The molecule has 1 aromatic heterocycles. The highest BCUT2D eigenvalue weighted by Crippen LogP contribution is 2.13. The van der Waals surface area contributed by atoms with Gasteiger partial charge in [-0.2, -0.15) is 0 Å². The van der Waals surface area contributed by atoms with Crippen LogP contribution in [0.5, 0.6) is 0 Å². The minimum absolute atomic E-state index is 0.0685. The van der Waals surface area contributed by atoms with E-state index in [4.69, 9.17) is 5.11 Å². The van der Waals surface area contributed by atoms with Crippen molar-refractivity contribution in [1.82, 2.24) is 9.55 Å². The highest BCUT2D eigenvalue weighted by molar-refractivity contribution is 5.85. The summed E-state index contributed by atoms with van der Waals surface area (Å²) < 4.78 is 1.77. The SMILES string of the molecule is Cc1cccc(-n2cc(C(=O)O)nc2C)c1. The maximum atomic E-state index is 10.8. The van der Waals surface area contributed by atoms with E-state index in [-0.39, 0.29) is 5.69 Å². The maximum Gasteiger partial charge on any atom is 0.356 e. The third kappa shape index (κ3) is 1.82. The molecule has 0 radical (unpaired) electrons. The van der Waals surface area contributed by atoms with Crippen molar-refractivity contribution in [3.05, 3.63) is 47.5 Å². The van der Waals surface area contributed by atoms with Gasteiger partial charge in [0.25, 0.3) is 0 Å². The zero-order valence-electron chi connectivity index (χ0n) is 9.14. The Morgan fingerprint density at radius 1 is 1.38 bits per heavy atom. The van der Waals surface area contributed by atoms with Gasteiger partial charge in [-0.05, 0) is 31.5 Å². The minimum Gasteiger partial charge on any atom is -0.476 e. The highest BCUT2D eigenvalue weighted by atomic mass is 16.4. The van der Waals surface area contributed by atoms with Crippen LogP contribution in [-0.4, -0.2) is 20.6 Å². The van der Waals surface area contributed by atoms with Crippen LogP contribution in [0.25, 0.3) is 5.69 Å². The first-order valence-electron chi connectivity index (χ1n) is 4.94. The summed E-state index contributed by atoms with van der Waals surface area (Å²) in [6, 6.07) is 7.84. The molecule has 4 heteroatoms. The monoisotopic (exact) mass is 216 g/mol. The highest BCUT2D eigenvalue weighted by Gasteiger charge is 2.11. The number of hydrogen-bond donors (Lipinski definition) is 1. The Hall–Kier alpha value is -2.10. The van der Waals surface area contributed by atoms with Crippen LogP contribution in [-0.2, 0) is 0 Å². The van der Waals surface area contributed by atoms with E-state index < -0.39 is 5.97 Å². The van der Waals surface area contributed by atoms with E-state index in [1.165, 1.54) is 6.20 Å². The van der Waals surface area contributed by atoms with E-state index in [1.807, 2.05) is 31.2 Å². The third-order valence-corrected chi connectivity index (χ3v) is 2.38. The second-order valence-electron chi connectivity index (χ2n) is 3.69. The van der Waals surface area contributed by atoms with Gasteiger partial charge in [0.2, 0.25) is 0 Å². The lowest BCUT2D eigenvalue weighted by Gasteiger charge is -2.04. The first kappa shape index (κ1) is 10.4. The molecule has 0 saturated carbocycles. The number of aromatic carboxylic acids is 1. The third-order valence-electron chi connectivity index (χ3n) is 2.38. The zero-order valence-corrected chi connectivity index (χ0v) is 9.14. The molecule has 16 heavy (non-hydrogen) atoms. The lowest BCUT2D eigenvalue weighted by atomic mass is 10.2. The number of aromatic nitrogens is 2. The van der Waals surface area contributed by atoms with Crippen LogP contribution >= 0.6 is 0 Å². The number of imidazole rings is 1. The summed E-state index contributed by atoms with van der Waals surface area (Å²) in [6.07, 6.45) is 1.53. The van der Waals surface area contributed by atoms with Crippen LogP contribution < -0.4 is 0 Å². The van der Waals surface area contributed by atoms with Gasteiger partial charge < -0.3 is 9.67 Å². The van der Waals surface area contributed by atoms with Crippen molar-refractivity contribution < 1.29 is 9.90 Å². The second-order valence-corrected chi connectivity index (χ2v) is 3.69. The fraction of sp³-hybridized carbons (Fsp3) is 0.167. The molecule has 0 atom stereocenters. The number of benzene rings is 1. The molecule has 0 amide bonds. The normalized spacial score (nSPS) is 10.4. The molecule has 0 spiro atoms.